The van der Waals surface area contributed by atoms with Crippen molar-refractivity contribution in [3.8, 4) is 0 Å². The van der Waals surface area contributed by atoms with E-state index in [0.29, 0.717) is 16.7 Å². The number of rotatable bonds is 0. The van der Waals surface area contributed by atoms with Gasteiger partial charge in [-0.05, 0) is 6.07 Å². The molecule has 0 bridgehead atoms. The van der Waals surface area contributed by atoms with Crippen molar-refractivity contribution in [2.75, 3.05) is 17.2 Å². The van der Waals surface area contributed by atoms with E-state index in [1.807, 2.05) is 0 Å². The van der Waals surface area contributed by atoms with Gasteiger partial charge in [0.15, 0.2) is 5.82 Å². The zero-order chi connectivity index (χ0) is 9.42. The molecule has 2 aromatic rings. The number of hydrogen-bond donors (Lipinski definition) is 3. The average Bonchev–Trinajstić information content (AvgIpc) is 2.02. The quantitative estimate of drug-likeness (QED) is 0.510. The molecule has 6 N–H and O–H groups in total. The van der Waals surface area contributed by atoms with Gasteiger partial charge in [-0.3, -0.25) is 0 Å². The first-order chi connectivity index (χ1) is 6.16. The maximum Gasteiger partial charge on any atom is 0.222 e. The van der Waals surface area contributed by atoms with E-state index in [-0.39, 0.29) is 11.8 Å². The first-order valence-corrected chi connectivity index (χ1v) is 3.61. The van der Waals surface area contributed by atoms with Gasteiger partial charge in [0.05, 0.1) is 17.4 Å². The van der Waals surface area contributed by atoms with E-state index in [4.69, 9.17) is 17.2 Å². The Kier molecular flexibility index (Phi) is 1.42. The number of fused-ring (bicyclic) bond motifs is 1. The van der Waals surface area contributed by atoms with Crippen LogP contribution in [0.1, 0.15) is 0 Å². The second-order valence-electron chi connectivity index (χ2n) is 2.60. The molecule has 6 nitrogen and oxygen atoms in total. The first kappa shape index (κ1) is 7.53. The zero-order valence-corrected chi connectivity index (χ0v) is 6.73. The van der Waals surface area contributed by atoms with Crippen LogP contribution >= 0.6 is 0 Å². The zero-order valence-electron chi connectivity index (χ0n) is 6.73. The van der Waals surface area contributed by atoms with Gasteiger partial charge in [-0.2, -0.15) is 4.98 Å². The highest BCUT2D eigenvalue weighted by molar-refractivity contribution is 5.86. The molecule has 0 spiro atoms. The van der Waals surface area contributed by atoms with Crippen molar-refractivity contribution in [1.82, 2.24) is 15.0 Å². The third-order valence-electron chi connectivity index (χ3n) is 1.60. The van der Waals surface area contributed by atoms with Crippen molar-refractivity contribution in [2.24, 2.45) is 0 Å². The van der Waals surface area contributed by atoms with Crippen LogP contribution in [-0.4, -0.2) is 15.0 Å². The van der Waals surface area contributed by atoms with E-state index in [9.17, 15) is 0 Å². The second-order valence-corrected chi connectivity index (χ2v) is 2.60. The molecule has 66 valence electrons. The molecule has 0 fully saturated rings. The third-order valence-corrected chi connectivity index (χ3v) is 1.60. The highest BCUT2D eigenvalue weighted by Gasteiger charge is 2.03. The summed E-state index contributed by atoms with van der Waals surface area (Å²) in [7, 11) is 0. The van der Waals surface area contributed by atoms with E-state index in [2.05, 4.69) is 15.0 Å². The SMILES string of the molecule is Nc1cnc2c(N)nc(N)nc2c1. The summed E-state index contributed by atoms with van der Waals surface area (Å²) in [5, 5.41) is 0. The van der Waals surface area contributed by atoms with Crippen LogP contribution in [0.15, 0.2) is 12.3 Å². The number of nitrogens with two attached hydrogens (primary N) is 3. The Morgan fingerprint density at radius 2 is 1.85 bits per heavy atom. The van der Waals surface area contributed by atoms with Crippen LogP contribution in [0.25, 0.3) is 11.0 Å². The summed E-state index contributed by atoms with van der Waals surface area (Å²) < 4.78 is 0. The Balaban J connectivity index is 2.86. The molecule has 0 unspecified atom stereocenters. The Bertz CT molecular complexity index is 460. The third kappa shape index (κ3) is 1.18. The molecule has 0 aromatic carbocycles. The van der Waals surface area contributed by atoms with Crippen molar-refractivity contribution < 1.29 is 0 Å². The fourth-order valence-electron chi connectivity index (χ4n) is 1.08. The van der Waals surface area contributed by atoms with Crippen LogP contribution < -0.4 is 17.2 Å². The molecular formula is C7H8N6. The second kappa shape index (κ2) is 2.44. The van der Waals surface area contributed by atoms with Gasteiger partial charge in [0.25, 0.3) is 0 Å². The maximum absolute atomic E-state index is 5.57. The number of nitrogen functional groups attached to an aromatic ring is 3. The van der Waals surface area contributed by atoms with Gasteiger partial charge >= 0.3 is 0 Å². The Labute approximate surface area is 73.8 Å². The van der Waals surface area contributed by atoms with Crippen LogP contribution in [-0.2, 0) is 0 Å². The molecule has 0 radical (unpaired) electrons. The van der Waals surface area contributed by atoms with Gasteiger partial charge in [0.2, 0.25) is 5.95 Å². The Morgan fingerprint density at radius 1 is 1.08 bits per heavy atom. The standard InChI is InChI=1S/C7H8N6/c8-3-1-4-5(11-2-3)6(9)13-7(10)12-4/h1-2H,8H2,(H4,9,10,12,13). The van der Waals surface area contributed by atoms with E-state index in [1.54, 1.807) is 6.07 Å². The number of hydrogen-bond acceptors (Lipinski definition) is 6. The largest absolute Gasteiger partial charge is 0.397 e. The van der Waals surface area contributed by atoms with Crippen LogP contribution in [0.4, 0.5) is 17.5 Å². The highest BCUT2D eigenvalue weighted by atomic mass is 15.0. The summed E-state index contributed by atoms with van der Waals surface area (Å²) in [4.78, 5) is 11.7. The van der Waals surface area contributed by atoms with Gasteiger partial charge in [-0.1, -0.05) is 0 Å². The summed E-state index contributed by atoms with van der Waals surface area (Å²) in [6.45, 7) is 0. The van der Waals surface area contributed by atoms with Crippen molar-refractivity contribution in [3.05, 3.63) is 12.3 Å². The number of pyridine rings is 1. The molecule has 0 aliphatic rings. The maximum atomic E-state index is 5.57. The number of anilines is 3. The van der Waals surface area contributed by atoms with Crippen molar-refractivity contribution in [3.63, 3.8) is 0 Å². The topological polar surface area (TPSA) is 117 Å². The minimum absolute atomic E-state index is 0.123. The van der Waals surface area contributed by atoms with Crippen molar-refractivity contribution >= 4 is 28.5 Å². The van der Waals surface area contributed by atoms with Crippen LogP contribution in [0, 0.1) is 0 Å². The molecule has 6 heteroatoms. The Hall–Kier alpha value is -2.11. The summed E-state index contributed by atoms with van der Waals surface area (Å²) in [6.07, 6.45) is 1.50. The van der Waals surface area contributed by atoms with Gasteiger partial charge < -0.3 is 17.2 Å². The first-order valence-electron chi connectivity index (χ1n) is 3.61. The van der Waals surface area contributed by atoms with Crippen molar-refractivity contribution in [1.29, 1.82) is 0 Å². The van der Waals surface area contributed by atoms with Crippen LogP contribution in [0.5, 0.6) is 0 Å². The lowest BCUT2D eigenvalue weighted by atomic mass is 10.3. The highest BCUT2D eigenvalue weighted by Crippen LogP contribution is 2.17. The normalized spacial score (nSPS) is 10.5. The molecule has 0 saturated carbocycles. The molecule has 2 heterocycles. The molecule has 13 heavy (non-hydrogen) atoms. The predicted molar refractivity (Wildman–Crippen MR) is 50.6 cm³/mol. The Morgan fingerprint density at radius 3 is 2.62 bits per heavy atom. The molecule has 2 rings (SSSR count). The van der Waals surface area contributed by atoms with Crippen LogP contribution in [0.2, 0.25) is 0 Å². The van der Waals surface area contributed by atoms with Gasteiger partial charge in [0.1, 0.15) is 5.52 Å². The summed E-state index contributed by atoms with van der Waals surface area (Å²) in [5.74, 6) is 0.389. The summed E-state index contributed by atoms with van der Waals surface area (Å²) in [5.41, 5.74) is 18.1. The lowest BCUT2D eigenvalue weighted by Crippen LogP contribution is -2.02. The van der Waals surface area contributed by atoms with E-state index in [1.165, 1.54) is 6.20 Å². The van der Waals surface area contributed by atoms with Gasteiger partial charge in [-0.25, -0.2) is 9.97 Å². The van der Waals surface area contributed by atoms with E-state index in [0.717, 1.165) is 0 Å². The molecule has 0 aliphatic heterocycles. The lowest BCUT2D eigenvalue weighted by molar-refractivity contribution is 1.22. The molecule has 0 saturated heterocycles. The molecule has 0 aliphatic carbocycles. The number of aromatic nitrogens is 3. The minimum Gasteiger partial charge on any atom is -0.397 e. The predicted octanol–water partition coefficient (Wildman–Crippen LogP) is -0.229. The van der Waals surface area contributed by atoms with Gasteiger partial charge in [0, 0.05) is 0 Å². The molecular weight excluding hydrogens is 168 g/mol. The fourth-order valence-corrected chi connectivity index (χ4v) is 1.08. The number of nitrogens with zero attached hydrogens (tertiary/aromatic N) is 3. The van der Waals surface area contributed by atoms with E-state index >= 15 is 0 Å². The average molecular weight is 176 g/mol. The molecule has 0 atom stereocenters. The smallest absolute Gasteiger partial charge is 0.222 e. The van der Waals surface area contributed by atoms with Crippen LogP contribution in [0.3, 0.4) is 0 Å². The lowest BCUT2D eigenvalue weighted by Gasteiger charge is -2.01. The minimum atomic E-state index is 0.123. The monoisotopic (exact) mass is 176 g/mol. The molecule has 0 amide bonds. The molecule has 2 aromatic heterocycles. The van der Waals surface area contributed by atoms with Crippen molar-refractivity contribution in [2.45, 2.75) is 0 Å². The van der Waals surface area contributed by atoms with Gasteiger partial charge in [-0.15, -0.1) is 0 Å². The summed E-state index contributed by atoms with van der Waals surface area (Å²) >= 11 is 0. The fraction of sp³-hybridized carbons (Fsp3) is 0. The summed E-state index contributed by atoms with van der Waals surface area (Å²) in [6, 6.07) is 1.65. The van der Waals surface area contributed by atoms with E-state index < -0.39 is 0 Å².